The van der Waals surface area contributed by atoms with Crippen molar-refractivity contribution in [2.45, 2.75) is 13.3 Å². The van der Waals surface area contributed by atoms with E-state index in [4.69, 9.17) is 4.74 Å². The lowest BCUT2D eigenvalue weighted by Crippen LogP contribution is -2.15. The average Bonchev–Trinajstić information content (AvgIpc) is 2.95. The van der Waals surface area contributed by atoms with Crippen molar-refractivity contribution in [3.8, 4) is 5.75 Å². The average molecular weight is 295 g/mol. The molecule has 0 fully saturated rings. The van der Waals surface area contributed by atoms with Gasteiger partial charge in [-0.25, -0.2) is 4.98 Å². The zero-order valence-electron chi connectivity index (χ0n) is 12.3. The highest BCUT2D eigenvalue weighted by Gasteiger charge is 2.05. The van der Waals surface area contributed by atoms with E-state index in [2.05, 4.69) is 15.3 Å². The number of imidazole rings is 1. The predicted octanol–water partition coefficient (Wildman–Crippen LogP) is 3.28. The molecule has 1 heterocycles. The number of fused-ring (bicyclic) bond motifs is 1. The summed E-state index contributed by atoms with van der Waals surface area (Å²) >= 11 is 0. The summed E-state index contributed by atoms with van der Waals surface area (Å²) in [7, 11) is 0. The Morgan fingerprint density at radius 3 is 3.05 bits per heavy atom. The second kappa shape index (κ2) is 6.30. The van der Waals surface area contributed by atoms with E-state index in [0.29, 0.717) is 13.0 Å². The summed E-state index contributed by atoms with van der Waals surface area (Å²) in [6.07, 6.45) is 1.93. The summed E-state index contributed by atoms with van der Waals surface area (Å²) in [5.74, 6) is 0.707. The van der Waals surface area contributed by atoms with E-state index in [1.54, 1.807) is 6.33 Å². The normalized spacial score (nSPS) is 10.6. The molecule has 3 rings (SSSR count). The van der Waals surface area contributed by atoms with E-state index >= 15 is 0 Å². The molecule has 0 saturated carbocycles. The molecule has 0 radical (unpaired) electrons. The van der Waals surface area contributed by atoms with Gasteiger partial charge in [-0.3, -0.25) is 4.79 Å². The second-order valence-corrected chi connectivity index (χ2v) is 5.10. The Bertz CT molecular complexity index is 795. The SMILES string of the molecule is Cc1cccc(OCCC(=O)Nc2ccc3nc[nH]c3c2)c1. The first-order chi connectivity index (χ1) is 10.7. The van der Waals surface area contributed by atoms with E-state index < -0.39 is 0 Å². The van der Waals surface area contributed by atoms with Crippen LogP contribution in [-0.2, 0) is 4.79 Å². The number of hydrogen-bond donors (Lipinski definition) is 2. The molecule has 0 aliphatic carbocycles. The summed E-state index contributed by atoms with van der Waals surface area (Å²) in [6, 6.07) is 13.3. The van der Waals surface area contributed by atoms with Gasteiger partial charge < -0.3 is 15.0 Å². The fraction of sp³-hybridized carbons (Fsp3) is 0.176. The van der Waals surface area contributed by atoms with Crippen LogP contribution in [0.4, 0.5) is 5.69 Å². The molecule has 22 heavy (non-hydrogen) atoms. The quantitative estimate of drug-likeness (QED) is 0.759. The van der Waals surface area contributed by atoms with Crippen molar-refractivity contribution in [2.75, 3.05) is 11.9 Å². The van der Waals surface area contributed by atoms with Crippen molar-refractivity contribution < 1.29 is 9.53 Å². The predicted molar refractivity (Wildman–Crippen MR) is 86.0 cm³/mol. The number of carbonyl (C=O) groups is 1. The zero-order chi connectivity index (χ0) is 15.4. The number of benzene rings is 2. The summed E-state index contributed by atoms with van der Waals surface area (Å²) in [5.41, 5.74) is 3.65. The van der Waals surface area contributed by atoms with Gasteiger partial charge in [-0.1, -0.05) is 12.1 Å². The Balaban J connectivity index is 1.51. The Labute approximate surface area is 128 Å². The van der Waals surface area contributed by atoms with E-state index in [0.717, 1.165) is 28.0 Å². The number of ether oxygens (including phenoxy) is 1. The fourth-order valence-electron chi connectivity index (χ4n) is 2.20. The molecule has 0 spiro atoms. The Morgan fingerprint density at radius 1 is 1.27 bits per heavy atom. The summed E-state index contributed by atoms with van der Waals surface area (Å²) in [6.45, 7) is 2.35. The van der Waals surface area contributed by atoms with Gasteiger partial charge in [-0.15, -0.1) is 0 Å². The molecule has 0 aliphatic heterocycles. The largest absolute Gasteiger partial charge is 0.493 e. The van der Waals surface area contributed by atoms with Gasteiger partial charge in [0, 0.05) is 5.69 Å². The highest BCUT2D eigenvalue weighted by molar-refractivity contribution is 5.93. The molecule has 1 aromatic heterocycles. The number of anilines is 1. The third-order valence-corrected chi connectivity index (χ3v) is 3.29. The molecule has 1 amide bonds. The number of hydrogen-bond acceptors (Lipinski definition) is 3. The lowest BCUT2D eigenvalue weighted by Gasteiger charge is -2.08. The molecule has 112 valence electrons. The number of aromatic nitrogens is 2. The highest BCUT2D eigenvalue weighted by Crippen LogP contribution is 2.16. The molecular weight excluding hydrogens is 278 g/mol. The van der Waals surface area contributed by atoms with Crippen LogP contribution in [0.1, 0.15) is 12.0 Å². The van der Waals surface area contributed by atoms with Crippen LogP contribution in [0.3, 0.4) is 0 Å². The number of carbonyl (C=O) groups excluding carboxylic acids is 1. The maximum absolute atomic E-state index is 11.9. The molecule has 2 aromatic carbocycles. The first-order valence-corrected chi connectivity index (χ1v) is 7.13. The van der Waals surface area contributed by atoms with Crippen molar-refractivity contribution in [3.05, 3.63) is 54.4 Å². The Hall–Kier alpha value is -2.82. The van der Waals surface area contributed by atoms with Crippen molar-refractivity contribution in [1.29, 1.82) is 0 Å². The van der Waals surface area contributed by atoms with Gasteiger partial charge in [-0.05, 0) is 42.8 Å². The zero-order valence-corrected chi connectivity index (χ0v) is 12.3. The minimum atomic E-state index is -0.0773. The number of rotatable bonds is 5. The molecule has 0 atom stereocenters. The minimum Gasteiger partial charge on any atom is -0.493 e. The summed E-state index contributed by atoms with van der Waals surface area (Å²) in [4.78, 5) is 19.1. The van der Waals surface area contributed by atoms with Crippen LogP contribution in [-0.4, -0.2) is 22.5 Å². The van der Waals surface area contributed by atoms with Gasteiger partial charge in [0.15, 0.2) is 0 Å². The van der Waals surface area contributed by atoms with Crippen LogP contribution in [0, 0.1) is 6.92 Å². The number of H-pyrrole nitrogens is 1. The van der Waals surface area contributed by atoms with E-state index in [9.17, 15) is 4.79 Å². The smallest absolute Gasteiger partial charge is 0.227 e. The topological polar surface area (TPSA) is 67.0 Å². The van der Waals surface area contributed by atoms with Crippen LogP contribution in [0.15, 0.2) is 48.8 Å². The number of amides is 1. The molecule has 0 bridgehead atoms. The van der Waals surface area contributed by atoms with Crippen LogP contribution >= 0.6 is 0 Å². The first kappa shape index (κ1) is 14.1. The van der Waals surface area contributed by atoms with Crippen LogP contribution in [0.5, 0.6) is 5.75 Å². The monoisotopic (exact) mass is 295 g/mol. The molecule has 0 aliphatic rings. The maximum atomic E-state index is 11.9. The number of nitrogens with one attached hydrogen (secondary N) is 2. The standard InChI is InChI=1S/C17H17N3O2/c1-12-3-2-4-14(9-12)22-8-7-17(21)20-13-5-6-15-16(10-13)19-11-18-15/h2-6,9-11H,7-8H2,1H3,(H,18,19)(H,20,21). The van der Waals surface area contributed by atoms with Gasteiger partial charge in [0.25, 0.3) is 0 Å². The summed E-state index contributed by atoms with van der Waals surface area (Å²) < 4.78 is 5.58. The summed E-state index contributed by atoms with van der Waals surface area (Å²) in [5, 5.41) is 2.85. The molecule has 5 heteroatoms. The molecule has 0 saturated heterocycles. The third-order valence-electron chi connectivity index (χ3n) is 3.29. The number of aryl methyl sites for hydroxylation is 1. The number of nitrogens with zero attached hydrogens (tertiary/aromatic N) is 1. The third kappa shape index (κ3) is 3.44. The van der Waals surface area contributed by atoms with E-state index in [1.165, 1.54) is 0 Å². The molecule has 2 N–H and O–H groups in total. The molecule has 5 nitrogen and oxygen atoms in total. The van der Waals surface area contributed by atoms with Gasteiger partial charge in [-0.2, -0.15) is 0 Å². The van der Waals surface area contributed by atoms with Gasteiger partial charge in [0.2, 0.25) is 5.91 Å². The first-order valence-electron chi connectivity index (χ1n) is 7.13. The van der Waals surface area contributed by atoms with Crippen molar-refractivity contribution >= 4 is 22.6 Å². The minimum absolute atomic E-state index is 0.0773. The maximum Gasteiger partial charge on any atom is 0.227 e. The Morgan fingerprint density at radius 2 is 2.18 bits per heavy atom. The van der Waals surface area contributed by atoms with Gasteiger partial charge in [0.1, 0.15) is 5.75 Å². The van der Waals surface area contributed by atoms with E-state index in [-0.39, 0.29) is 5.91 Å². The lowest BCUT2D eigenvalue weighted by atomic mass is 10.2. The molecular formula is C17H17N3O2. The molecule has 3 aromatic rings. The van der Waals surface area contributed by atoms with Crippen LogP contribution in [0.2, 0.25) is 0 Å². The fourth-order valence-corrected chi connectivity index (χ4v) is 2.20. The van der Waals surface area contributed by atoms with Gasteiger partial charge in [0.05, 0.1) is 30.4 Å². The van der Waals surface area contributed by atoms with Crippen LogP contribution in [0.25, 0.3) is 11.0 Å². The second-order valence-electron chi connectivity index (χ2n) is 5.10. The number of aromatic amines is 1. The van der Waals surface area contributed by atoms with Crippen molar-refractivity contribution in [3.63, 3.8) is 0 Å². The van der Waals surface area contributed by atoms with Crippen molar-refractivity contribution in [1.82, 2.24) is 9.97 Å². The Kier molecular flexibility index (Phi) is 4.05. The lowest BCUT2D eigenvalue weighted by molar-refractivity contribution is -0.116. The van der Waals surface area contributed by atoms with Crippen molar-refractivity contribution in [2.24, 2.45) is 0 Å². The van der Waals surface area contributed by atoms with Crippen LogP contribution < -0.4 is 10.1 Å². The van der Waals surface area contributed by atoms with Gasteiger partial charge >= 0.3 is 0 Å². The highest BCUT2D eigenvalue weighted by atomic mass is 16.5. The van der Waals surface area contributed by atoms with E-state index in [1.807, 2.05) is 49.4 Å². The molecule has 0 unspecified atom stereocenters.